The molecule has 1 atom stereocenters. The summed E-state index contributed by atoms with van der Waals surface area (Å²) in [6, 6.07) is 2.46. The van der Waals surface area contributed by atoms with E-state index < -0.39 is 0 Å². The van der Waals surface area contributed by atoms with Gasteiger partial charge in [0.1, 0.15) is 0 Å². The van der Waals surface area contributed by atoms with E-state index in [4.69, 9.17) is 0 Å². The standard InChI is InChI=1S/C17H17N7/c1-11(12-2-3-12)21-16-19-9-15-14(4-6-24(15)22-16)13-8-20-17-18-5-7-23(17)10-13/h4-12H,2-3H2,1H3,(H,21,22)/t11-/m0/s1. The molecule has 0 bridgehead atoms. The van der Waals surface area contributed by atoms with E-state index in [1.54, 1.807) is 6.20 Å². The van der Waals surface area contributed by atoms with E-state index in [9.17, 15) is 0 Å². The molecule has 1 aliphatic rings. The third-order valence-corrected chi connectivity index (χ3v) is 4.66. The average Bonchev–Trinajstić information content (AvgIpc) is 3.20. The first-order chi connectivity index (χ1) is 11.8. The van der Waals surface area contributed by atoms with Crippen LogP contribution in [0.2, 0.25) is 0 Å². The topological polar surface area (TPSA) is 72.4 Å². The molecule has 7 heteroatoms. The minimum atomic E-state index is 0.422. The Balaban J connectivity index is 1.52. The number of hydrogen-bond acceptors (Lipinski definition) is 5. The van der Waals surface area contributed by atoms with Gasteiger partial charge in [0.05, 0.1) is 11.7 Å². The predicted molar refractivity (Wildman–Crippen MR) is 90.8 cm³/mol. The quantitative estimate of drug-likeness (QED) is 0.626. The molecule has 5 rings (SSSR count). The number of anilines is 1. The van der Waals surface area contributed by atoms with Gasteiger partial charge in [-0.1, -0.05) is 0 Å². The SMILES string of the molecule is C[C@H](Nc1ncc2c(-c3cnc4nccn4c3)ccn2n1)C1CC1. The van der Waals surface area contributed by atoms with Crippen LogP contribution >= 0.6 is 0 Å². The highest BCUT2D eigenvalue weighted by Crippen LogP contribution is 2.33. The molecule has 7 nitrogen and oxygen atoms in total. The summed E-state index contributed by atoms with van der Waals surface area (Å²) in [5, 5.41) is 7.98. The van der Waals surface area contributed by atoms with E-state index in [1.165, 1.54) is 12.8 Å². The highest BCUT2D eigenvalue weighted by atomic mass is 15.3. The molecule has 0 amide bonds. The third kappa shape index (κ3) is 2.20. The van der Waals surface area contributed by atoms with E-state index >= 15 is 0 Å². The van der Waals surface area contributed by atoms with E-state index in [-0.39, 0.29) is 0 Å². The molecular formula is C17H17N7. The number of nitrogens with one attached hydrogen (secondary N) is 1. The van der Waals surface area contributed by atoms with Crippen LogP contribution in [0, 0.1) is 5.92 Å². The van der Waals surface area contributed by atoms with Crippen molar-refractivity contribution in [3.63, 3.8) is 0 Å². The van der Waals surface area contributed by atoms with Gasteiger partial charge in [-0.25, -0.2) is 19.5 Å². The highest BCUT2D eigenvalue weighted by molar-refractivity contribution is 5.79. The summed E-state index contributed by atoms with van der Waals surface area (Å²) in [5.41, 5.74) is 3.03. The summed E-state index contributed by atoms with van der Waals surface area (Å²) in [7, 11) is 0. The lowest BCUT2D eigenvalue weighted by Crippen LogP contribution is -2.19. The lowest BCUT2D eigenvalue weighted by Gasteiger charge is -2.12. The molecule has 0 aliphatic heterocycles. The number of hydrogen-bond donors (Lipinski definition) is 1. The number of imidazole rings is 1. The van der Waals surface area contributed by atoms with Crippen LogP contribution in [-0.4, -0.2) is 35.0 Å². The summed E-state index contributed by atoms with van der Waals surface area (Å²) in [4.78, 5) is 13.0. The Hall–Kier alpha value is -2.96. The van der Waals surface area contributed by atoms with Crippen molar-refractivity contribution in [3.05, 3.63) is 43.2 Å². The van der Waals surface area contributed by atoms with Crippen molar-refractivity contribution in [2.45, 2.75) is 25.8 Å². The number of aromatic nitrogens is 6. The molecule has 4 aromatic rings. The molecule has 0 unspecified atom stereocenters. The molecule has 0 aromatic carbocycles. The van der Waals surface area contributed by atoms with Crippen LogP contribution in [0.5, 0.6) is 0 Å². The Morgan fingerprint density at radius 1 is 1.17 bits per heavy atom. The largest absolute Gasteiger partial charge is 0.350 e. The first kappa shape index (κ1) is 13.5. The Morgan fingerprint density at radius 2 is 2.08 bits per heavy atom. The maximum atomic E-state index is 4.58. The van der Waals surface area contributed by atoms with Gasteiger partial charge in [-0.15, -0.1) is 5.10 Å². The fraction of sp³-hybridized carbons (Fsp3) is 0.294. The number of nitrogens with zero attached hydrogens (tertiary/aromatic N) is 6. The van der Waals surface area contributed by atoms with Crippen LogP contribution in [0.3, 0.4) is 0 Å². The second-order valence-corrected chi connectivity index (χ2v) is 6.39. The average molecular weight is 319 g/mol. The van der Waals surface area contributed by atoms with Crippen LogP contribution in [-0.2, 0) is 0 Å². The maximum Gasteiger partial charge on any atom is 0.241 e. The minimum Gasteiger partial charge on any atom is -0.350 e. The zero-order chi connectivity index (χ0) is 16.1. The molecule has 0 spiro atoms. The lowest BCUT2D eigenvalue weighted by molar-refractivity contribution is 0.681. The first-order valence-corrected chi connectivity index (χ1v) is 8.18. The molecule has 1 saturated carbocycles. The van der Waals surface area contributed by atoms with E-state index in [0.717, 1.165) is 22.6 Å². The maximum absolute atomic E-state index is 4.58. The van der Waals surface area contributed by atoms with Gasteiger partial charge < -0.3 is 5.32 Å². The lowest BCUT2D eigenvalue weighted by atomic mass is 10.1. The predicted octanol–water partition coefficient (Wildman–Crippen LogP) is 2.65. The molecule has 0 saturated heterocycles. The summed E-state index contributed by atoms with van der Waals surface area (Å²) in [5.74, 6) is 2.13. The Morgan fingerprint density at radius 3 is 2.96 bits per heavy atom. The molecule has 4 heterocycles. The van der Waals surface area contributed by atoms with Gasteiger partial charge in [-0.3, -0.25) is 4.40 Å². The third-order valence-electron chi connectivity index (χ3n) is 4.66. The van der Waals surface area contributed by atoms with E-state index in [0.29, 0.717) is 17.8 Å². The Labute approximate surface area is 138 Å². The monoisotopic (exact) mass is 319 g/mol. The molecule has 0 radical (unpaired) electrons. The normalized spacial score (nSPS) is 15.9. The van der Waals surface area contributed by atoms with Gasteiger partial charge in [0.25, 0.3) is 0 Å². The van der Waals surface area contributed by atoms with Gasteiger partial charge in [-0.05, 0) is 31.7 Å². The van der Waals surface area contributed by atoms with Crippen LogP contribution in [0.1, 0.15) is 19.8 Å². The van der Waals surface area contributed by atoms with Crippen LogP contribution in [0.15, 0.2) is 43.2 Å². The van der Waals surface area contributed by atoms with Gasteiger partial charge in [0, 0.05) is 48.2 Å². The summed E-state index contributed by atoms with van der Waals surface area (Å²) >= 11 is 0. The molecule has 1 N–H and O–H groups in total. The zero-order valence-electron chi connectivity index (χ0n) is 13.3. The van der Waals surface area contributed by atoms with E-state index in [1.807, 2.05) is 46.0 Å². The van der Waals surface area contributed by atoms with Crippen molar-refractivity contribution >= 4 is 17.2 Å². The van der Waals surface area contributed by atoms with Crippen molar-refractivity contribution < 1.29 is 0 Å². The fourth-order valence-electron chi connectivity index (χ4n) is 3.08. The number of fused-ring (bicyclic) bond motifs is 2. The zero-order valence-corrected chi connectivity index (χ0v) is 13.3. The van der Waals surface area contributed by atoms with E-state index in [2.05, 4.69) is 32.3 Å². The summed E-state index contributed by atoms with van der Waals surface area (Å²) in [6.45, 7) is 2.19. The molecular weight excluding hydrogens is 302 g/mol. The van der Waals surface area contributed by atoms with Crippen molar-refractivity contribution in [1.29, 1.82) is 0 Å². The summed E-state index contributed by atoms with van der Waals surface area (Å²) in [6.07, 6.45) is 13.9. The highest BCUT2D eigenvalue weighted by Gasteiger charge is 2.28. The van der Waals surface area contributed by atoms with Gasteiger partial charge >= 0.3 is 0 Å². The molecule has 4 aromatic heterocycles. The smallest absolute Gasteiger partial charge is 0.241 e. The molecule has 1 aliphatic carbocycles. The fourth-order valence-corrected chi connectivity index (χ4v) is 3.08. The number of rotatable bonds is 4. The van der Waals surface area contributed by atoms with Gasteiger partial charge in [0.2, 0.25) is 11.7 Å². The van der Waals surface area contributed by atoms with Crippen LogP contribution in [0.25, 0.3) is 22.4 Å². The molecule has 1 fully saturated rings. The van der Waals surface area contributed by atoms with Crippen LogP contribution < -0.4 is 5.32 Å². The summed E-state index contributed by atoms with van der Waals surface area (Å²) < 4.78 is 3.77. The van der Waals surface area contributed by atoms with Crippen molar-refractivity contribution in [2.24, 2.45) is 5.92 Å². The molecule has 120 valence electrons. The van der Waals surface area contributed by atoms with Gasteiger partial charge in [0.15, 0.2) is 0 Å². The van der Waals surface area contributed by atoms with Gasteiger partial charge in [-0.2, -0.15) is 0 Å². The second-order valence-electron chi connectivity index (χ2n) is 6.39. The molecule has 24 heavy (non-hydrogen) atoms. The van der Waals surface area contributed by atoms with Crippen molar-refractivity contribution in [3.8, 4) is 11.1 Å². The Kier molecular flexibility index (Phi) is 2.82. The Bertz CT molecular complexity index is 1030. The van der Waals surface area contributed by atoms with Crippen molar-refractivity contribution in [2.75, 3.05) is 5.32 Å². The first-order valence-electron chi connectivity index (χ1n) is 8.18. The second kappa shape index (κ2) is 5.02. The minimum absolute atomic E-state index is 0.422. The van der Waals surface area contributed by atoms with Crippen molar-refractivity contribution in [1.82, 2.24) is 29.0 Å². The van der Waals surface area contributed by atoms with Crippen LogP contribution in [0.4, 0.5) is 5.95 Å².